The molecule has 0 aliphatic heterocycles. The zero-order valence-corrected chi connectivity index (χ0v) is 30.1. The number of carbonyl (C=O) groups excluding carboxylic acids is 1. The molecule has 0 unspecified atom stereocenters. The third kappa shape index (κ3) is 6.49. The Labute approximate surface area is 284 Å². The Bertz CT molecular complexity index is 2040. The molecule has 3 aromatic carbocycles. The maximum absolute atomic E-state index is 12.2. The SMILES string of the molecule is CCC(C)(CC)C(=O)/C=C(\O)C(C)(CC)CC.Cc1nc(-c2[c-]ccc3c2oc2ncccc23)c2ccc3ccccc3c2n1.[Ir]. The molecule has 3 heterocycles. The Morgan fingerprint density at radius 1 is 0.848 bits per heavy atom. The first-order valence-corrected chi connectivity index (χ1v) is 15.9. The van der Waals surface area contributed by atoms with Crippen LogP contribution in [0.25, 0.3) is 55.0 Å². The van der Waals surface area contributed by atoms with Crippen molar-refractivity contribution in [2.75, 3.05) is 0 Å². The monoisotopic (exact) mass is 793 g/mol. The molecule has 0 atom stereocenters. The predicted molar refractivity (Wildman–Crippen MR) is 184 cm³/mol. The number of ketones is 1. The minimum atomic E-state index is -0.337. The number of fused-ring (bicyclic) bond motifs is 6. The van der Waals surface area contributed by atoms with Gasteiger partial charge in [0.2, 0.25) is 5.71 Å². The largest absolute Gasteiger partial charge is 0.512 e. The molecule has 0 bridgehead atoms. The Morgan fingerprint density at radius 2 is 1.52 bits per heavy atom. The predicted octanol–water partition coefficient (Wildman–Crippen LogP) is 10.5. The molecule has 6 rings (SSSR count). The topological polar surface area (TPSA) is 89.1 Å². The quantitative estimate of drug-likeness (QED) is 0.0715. The van der Waals surface area contributed by atoms with Gasteiger partial charge in [-0.25, -0.2) is 9.97 Å². The maximum Gasteiger partial charge on any atom is 0.216 e. The second-order valence-electron chi connectivity index (χ2n) is 12.3. The van der Waals surface area contributed by atoms with E-state index in [9.17, 15) is 9.90 Å². The van der Waals surface area contributed by atoms with Crippen molar-refractivity contribution < 1.29 is 34.4 Å². The van der Waals surface area contributed by atoms with Crippen molar-refractivity contribution in [3.8, 4) is 11.3 Å². The molecule has 0 aliphatic rings. The molecule has 1 radical (unpaired) electrons. The minimum absolute atomic E-state index is 0. The van der Waals surface area contributed by atoms with Gasteiger partial charge in [0.1, 0.15) is 11.6 Å². The summed E-state index contributed by atoms with van der Waals surface area (Å²) in [6, 6.07) is 23.7. The van der Waals surface area contributed by atoms with Gasteiger partial charge in [-0.05, 0) is 55.5 Å². The maximum atomic E-state index is 12.2. The minimum Gasteiger partial charge on any atom is -0.512 e. The summed E-state index contributed by atoms with van der Waals surface area (Å²) in [5, 5.41) is 15.4. The first kappa shape index (κ1) is 34.9. The van der Waals surface area contributed by atoms with Crippen molar-refractivity contribution in [2.45, 2.75) is 74.1 Å². The number of benzene rings is 3. The molecule has 7 heteroatoms. The van der Waals surface area contributed by atoms with Crippen LogP contribution >= 0.6 is 0 Å². The van der Waals surface area contributed by atoms with Gasteiger partial charge in [0.05, 0.1) is 11.1 Å². The third-order valence-electron chi connectivity index (χ3n) is 9.75. The van der Waals surface area contributed by atoms with Crippen molar-refractivity contribution in [1.82, 2.24) is 15.0 Å². The number of furan rings is 1. The standard InChI is InChI=1S/C24H14N3O.C15H28O2.Ir/c1-14-26-21-16-7-3-2-6-15(16)11-12-19(21)22(27-14)20-9-4-8-17-18-10-5-13-25-24(18)28-23(17)20;1-7-14(5,8-2)12(16)11-13(17)15(6,9-3)10-4;/h2-8,10-13H,1H3;11,16H,7-10H2,1-6H3;/q-1;;/b;12-11-;. The summed E-state index contributed by atoms with van der Waals surface area (Å²) in [5.41, 5.74) is 3.39. The molecule has 0 fully saturated rings. The molecule has 0 aliphatic carbocycles. The number of hydrogen-bond acceptors (Lipinski definition) is 6. The van der Waals surface area contributed by atoms with Gasteiger partial charge in [0.25, 0.3) is 0 Å². The number of rotatable bonds is 8. The Hall–Kier alpha value is -3.93. The van der Waals surface area contributed by atoms with E-state index in [0.29, 0.717) is 5.71 Å². The number of nitrogens with zero attached hydrogens (tertiary/aromatic N) is 3. The van der Waals surface area contributed by atoms with Crippen molar-refractivity contribution >= 4 is 49.5 Å². The first-order valence-electron chi connectivity index (χ1n) is 15.9. The number of allylic oxidation sites excluding steroid dienone is 2. The fraction of sp³-hybridized carbons (Fsp3) is 0.333. The normalized spacial score (nSPS) is 12.3. The van der Waals surface area contributed by atoms with E-state index in [1.54, 1.807) is 6.20 Å². The van der Waals surface area contributed by atoms with E-state index in [1.165, 1.54) is 6.08 Å². The fourth-order valence-electron chi connectivity index (χ4n) is 5.60. The van der Waals surface area contributed by atoms with Crippen LogP contribution in [0, 0.1) is 23.8 Å². The van der Waals surface area contributed by atoms with Gasteiger partial charge in [-0.3, -0.25) is 9.78 Å². The van der Waals surface area contributed by atoms with Crippen LogP contribution in [0.3, 0.4) is 0 Å². The van der Waals surface area contributed by atoms with Crippen molar-refractivity contribution in [1.29, 1.82) is 0 Å². The van der Waals surface area contributed by atoms with E-state index in [2.05, 4.69) is 35.3 Å². The molecule has 1 N–H and O–H groups in total. The zero-order valence-electron chi connectivity index (χ0n) is 27.7. The molecule has 0 amide bonds. The van der Waals surface area contributed by atoms with Crippen molar-refractivity contribution in [3.63, 3.8) is 0 Å². The van der Waals surface area contributed by atoms with Gasteiger partial charge in [-0.2, -0.15) is 0 Å². The van der Waals surface area contributed by atoms with Gasteiger partial charge in [-0.1, -0.05) is 88.9 Å². The van der Waals surface area contributed by atoms with Crippen LogP contribution in [-0.4, -0.2) is 25.8 Å². The summed E-state index contributed by atoms with van der Waals surface area (Å²) in [5.74, 6) is 1.01. The Balaban J connectivity index is 0.000000234. The molecule has 241 valence electrons. The van der Waals surface area contributed by atoms with Crippen LogP contribution < -0.4 is 0 Å². The van der Waals surface area contributed by atoms with E-state index in [0.717, 1.165) is 80.8 Å². The average molecular weight is 793 g/mol. The summed E-state index contributed by atoms with van der Waals surface area (Å²) in [6.45, 7) is 14.0. The molecule has 0 saturated heterocycles. The fourth-order valence-corrected chi connectivity index (χ4v) is 5.60. The molecular formula is C39H42IrN3O3-. The smallest absolute Gasteiger partial charge is 0.216 e. The van der Waals surface area contributed by atoms with Crippen LogP contribution in [0.5, 0.6) is 0 Å². The number of aliphatic hydroxyl groups is 1. The Kier molecular flexibility index (Phi) is 10.8. The number of pyridine rings is 1. The number of aliphatic hydroxyl groups excluding tert-OH is 1. The molecule has 3 aromatic heterocycles. The first-order chi connectivity index (χ1) is 21.6. The van der Waals surface area contributed by atoms with Gasteiger partial charge < -0.3 is 9.52 Å². The second kappa shape index (κ2) is 14.2. The van der Waals surface area contributed by atoms with Crippen molar-refractivity contribution in [3.05, 3.63) is 90.6 Å². The van der Waals surface area contributed by atoms with Crippen LogP contribution in [0.4, 0.5) is 0 Å². The number of carbonyl (C=O) groups is 1. The van der Waals surface area contributed by atoms with Crippen LogP contribution in [0.1, 0.15) is 73.1 Å². The average Bonchev–Trinajstić information content (AvgIpc) is 3.46. The van der Waals surface area contributed by atoms with E-state index >= 15 is 0 Å². The molecular weight excluding hydrogens is 751 g/mol. The summed E-state index contributed by atoms with van der Waals surface area (Å²) >= 11 is 0. The number of hydrogen-bond donors (Lipinski definition) is 1. The summed E-state index contributed by atoms with van der Waals surface area (Å²) in [7, 11) is 0. The van der Waals surface area contributed by atoms with Crippen molar-refractivity contribution in [2.24, 2.45) is 10.8 Å². The van der Waals surface area contributed by atoms with E-state index in [4.69, 9.17) is 14.4 Å². The van der Waals surface area contributed by atoms with E-state index in [-0.39, 0.29) is 42.5 Å². The van der Waals surface area contributed by atoms with Gasteiger partial charge in [0, 0.05) is 59.7 Å². The molecule has 0 saturated carbocycles. The van der Waals surface area contributed by atoms with Crippen LogP contribution in [0.2, 0.25) is 0 Å². The van der Waals surface area contributed by atoms with Crippen LogP contribution in [0.15, 0.2) is 83.1 Å². The van der Waals surface area contributed by atoms with Crippen LogP contribution in [-0.2, 0) is 24.9 Å². The molecule has 46 heavy (non-hydrogen) atoms. The zero-order chi connectivity index (χ0) is 32.4. The molecule has 6 nitrogen and oxygen atoms in total. The Morgan fingerprint density at radius 3 is 2.22 bits per heavy atom. The number of aromatic nitrogens is 3. The second-order valence-corrected chi connectivity index (χ2v) is 12.3. The van der Waals surface area contributed by atoms with Gasteiger partial charge in [-0.15, -0.1) is 18.2 Å². The summed E-state index contributed by atoms with van der Waals surface area (Å²) in [4.78, 5) is 26.1. The molecule has 6 aromatic rings. The van der Waals surface area contributed by atoms with Gasteiger partial charge >= 0.3 is 0 Å². The van der Waals surface area contributed by atoms with Gasteiger partial charge in [0.15, 0.2) is 5.78 Å². The van der Waals surface area contributed by atoms with E-state index in [1.807, 2.05) is 84.9 Å². The third-order valence-corrected chi connectivity index (χ3v) is 9.75. The van der Waals surface area contributed by atoms with E-state index < -0.39 is 0 Å². The number of aryl methyl sites for hydroxylation is 1. The molecule has 0 spiro atoms. The summed E-state index contributed by atoms with van der Waals surface area (Å²) < 4.78 is 6.11. The summed E-state index contributed by atoms with van der Waals surface area (Å²) in [6.07, 6.45) is 6.49.